The minimum atomic E-state index is -0.793. The number of carboxylic acid groups (broad SMARTS) is 1. The molecule has 0 saturated heterocycles. The first kappa shape index (κ1) is 17.6. The highest BCUT2D eigenvalue weighted by atomic mass is 16.4. The highest BCUT2D eigenvalue weighted by Crippen LogP contribution is 2.55. The molecule has 0 spiro atoms. The van der Waals surface area contributed by atoms with Crippen molar-refractivity contribution in [2.75, 3.05) is 6.54 Å². The molecule has 7 nitrogen and oxygen atoms in total. The number of carboxylic acids is 1. The van der Waals surface area contributed by atoms with Gasteiger partial charge in [0, 0.05) is 24.5 Å². The molecule has 7 heteroatoms. The number of aliphatic carboxylic acids is 1. The Morgan fingerprint density at radius 2 is 1.50 bits per heavy atom. The Kier molecular flexibility index (Phi) is 4.57. The van der Waals surface area contributed by atoms with Crippen molar-refractivity contribution in [2.24, 2.45) is 23.7 Å². The molecule has 144 valence electrons. The molecule has 0 aliphatic heterocycles. The summed E-state index contributed by atoms with van der Waals surface area (Å²) in [5.41, 5.74) is -0.0150. The van der Waals surface area contributed by atoms with Crippen molar-refractivity contribution < 1.29 is 19.5 Å². The largest absolute Gasteiger partial charge is 0.481 e. The molecule has 0 aromatic carbocycles. The normalized spacial score (nSPS) is 39.8. The number of amides is 3. The van der Waals surface area contributed by atoms with Crippen molar-refractivity contribution >= 4 is 17.9 Å². The molecule has 5 aliphatic rings. The van der Waals surface area contributed by atoms with Crippen LogP contribution in [-0.2, 0) is 9.59 Å². The van der Waals surface area contributed by atoms with Crippen LogP contribution in [0.1, 0.15) is 57.8 Å². The van der Waals surface area contributed by atoms with E-state index in [0.29, 0.717) is 19.4 Å². The van der Waals surface area contributed by atoms with Gasteiger partial charge in [0.15, 0.2) is 0 Å². The summed E-state index contributed by atoms with van der Waals surface area (Å²) in [7, 11) is 0. The smallest absolute Gasteiger partial charge is 0.315 e. The van der Waals surface area contributed by atoms with Gasteiger partial charge in [0.2, 0.25) is 5.91 Å². The van der Waals surface area contributed by atoms with Crippen molar-refractivity contribution in [1.82, 2.24) is 16.0 Å². The van der Waals surface area contributed by atoms with Crippen LogP contribution in [0.2, 0.25) is 0 Å². The molecule has 5 saturated carbocycles. The molecule has 0 heterocycles. The number of urea groups is 1. The monoisotopic (exact) mass is 363 g/mol. The van der Waals surface area contributed by atoms with Crippen LogP contribution in [0.15, 0.2) is 0 Å². The van der Waals surface area contributed by atoms with E-state index in [1.54, 1.807) is 0 Å². The molecule has 0 aromatic heterocycles. The zero-order chi connectivity index (χ0) is 18.3. The van der Waals surface area contributed by atoms with Gasteiger partial charge in [-0.3, -0.25) is 9.59 Å². The van der Waals surface area contributed by atoms with Gasteiger partial charge in [-0.15, -0.1) is 0 Å². The first-order chi connectivity index (χ1) is 12.4. The Labute approximate surface area is 153 Å². The van der Waals surface area contributed by atoms with Crippen LogP contribution in [0.4, 0.5) is 4.79 Å². The lowest BCUT2D eigenvalue weighted by Gasteiger charge is -2.56. The molecular formula is C19H29N3O4. The molecule has 5 aliphatic carbocycles. The fraction of sp³-hybridized carbons (Fsp3) is 0.842. The van der Waals surface area contributed by atoms with Gasteiger partial charge >= 0.3 is 12.0 Å². The van der Waals surface area contributed by atoms with Gasteiger partial charge in [0.25, 0.3) is 0 Å². The predicted molar refractivity (Wildman–Crippen MR) is 94.3 cm³/mol. The number of carbonyl (C=O) groups excluding carboxylic acids is 2. The van der Waals surface area contributed by atoms with Crippen molar-refractivity contribution in [2.45, 2.75) is 69.4 Å². The first-order valence-corrected chi connectivity index (χ1v) is 9.99. The van der Waals surface area contributed by atoms with E-state index in [1.807, 2.05) is 0 Å². The van der Waals surface area contributed by atoms with E-state index < -0.39 is 5.97 Å². The summed E-state index contributed by atoms with van der Waals surface area (Å²) < 4.78 is 0. The van der Waals surface area contributed by atoms with E-state index in [0.717, 1.165) is 37.0 Å². The SMILES string of the molecule is O=C(CCNC(=O)NC12CC3CC(CC(C3)C1)C2)NC1CC(C(=O)O)C1. The van der Waals surface area contributed by atoms with Gasteiger partial charge in [0.1, 0.15) is 0 Å². The van der Waals surface area contributed by atoms with E-state index in [-0.39, 0.29) is 35.9 Å². The van der Waals surface area contributed by atoms with Crippen molar-refractivity contribution in [1.29, 1.82) is 0 Å². The quantitative estimate of drug-likeness (QED) is 0.575. The zero-order valence-corrected chi connectivity index (χ0v) is 15.1. The van der Waals surface area contributed by atoms with Crippen LogP contribution in [0.5, 0.6) is 0 Å². The summed E-state index contributed by atoms with van der Waals surface area (Å²) in [6, 6.07) is -0.196. The van der Waals surface area contributed by atoms with E-state index in [2.05, 4.69) is 16.0 Å². The Balaban J connectivity index is 1.15. The van der Waals surface area contributed by atoms with E-state index in [4.69, 9.17) is 5.11 Å². The summed E-state index contributed by atoms with van der Waals surface area (Å²) in [5.74, 6) is 1.09. The molecule has 4 N–H and O–H groups in total. The van der Waals surface area contributed by atoms with Gasteiger partial charge < -0.3 is 21.1 Å². The molecular weight excluding hydrogens is 334 g/mol. The first-order valence-electron chi connectivity index (χ1n) is 9.99. The van der Waals surface area contributed by atoms with Gasteiger partial charge in [0.05, 0.1) is 5.92 Å². The maximum atomic E-state index is 12.3. The minimum Gasteiger partial charge on any atom is -0.481 e. The predicted octanol–water partition coefficient (Wildman–Crippen LogP) is 1.62. The Hall–Kier alpha value is -1.79. The molecule has 4 bridgehead atoms. The van der Waals surface area contributed by atoms with Crippen molar-refractivity contribution in [3.8, 4) is 0 Å². The maximum Gasteiger partial charge on any atom is 0.315 e. The highest BCUT2D eigenvalue weighted by Gasteiger charge is 2.51. The molecule has 0 atom stereocenters. The summed E-state index contributed by atoms with van der Waals surface area (Å²) in [4.78, 5) is 34.9. The lowest BCUT2D eigenvalue weighted by atomic mass is 9.53. The molecule has 5 fully saturated rings. The Morgan fingerprint density at radius 3 is 2.04 bits per heavy atom. The number of hydrogen-bond acceptors (Lipinski definition) is 3. The minimum absolute atomic E-state index is 0.0150. The zero-order valence-electron chi connectivity index (χ0n) is 15.1. The standard InChI is InChI=1S/C19H29N3O4/c23-16(21-15-6-14(7-15)17(24)25)1-2-20-18(26)22-19-8-11-3-12(9-19)5-13(4-11)10-19/h11-15H,1-10H2,(H,21,23)(H,24,25)(H2,20,22,26). The van der Waals surface area contributed by atoms with Crippen LogP contribution in [0.25, 0.3) is 0 Å². The number of hydrogen-bond donors (Lipinski definition) is 4. The fourth-order valence-corrected chi connectivity index (χ4v) is 6.08. The van der Waals surface area contributed by atoms with Crippen LogP contribution in [0, 0.1) is 23.7 Å². The average molecular weight is 363 g/mol. The van der Waals surface area contributed by atoms with E-state index >= 15 is 0 Å². The third kappa shape index (κ3) is 3.67. The second-order valence-electron chi connectivity index (χ2n) is 9.10. The second kappa shape index (κ2) is 6.74. The van der Waals surface area contributed by atoms with Crippen LogP contribution in [0.3, 0.4) is 0 Å². The lowest BCUT2D eigenvalue weighted by Crippen LogP contribution is -2.61. The van der Waals surface area contributed by atoms with Crippen LogP contribution < -0.4 is 16.0 Å². The Morgan fingerprint density at radius 1 is 0.923 bits per heavy atom. The molecule has 26 heavy (non-hydrogen) atoms. The van der Waals surface area contributed by atoms with Gasteiger partial charge in [-0.1, -0.05) is 0 Å². The topological polar surface area (TPSA) is 108 Å². The third-order valence-corrected chi connectivity index (χ3v) is 6.91. The third-order valence-electron chi connectivity index (χ3n) is 6.91. The van der Waals surface area contributed by atoms with Gasteiger partial charge in [-0.25, -0.2) is 4.79 Å². The van der Waals surface area contributed by atoms with Crippen molar-refractivity contribution in [3.05, 3.63) is 0 Å². The van der Waals surface area contributed by atoms with Crippen molar-refractivity contribution in [3.63, 3.8) is 0 Å². The lowest BCUT2D eigenvalue weighted by molar-refractivity contribution is -0.146. The summed E-state index contributed by atoms with van der Waals surface area (Å²) >= 11 is 0. The number of carbonyl (C=O) groups is 3. The van der Waals surface area contributed by atoms with E-state index in [1.165, 1.54) is 19.3 Å². The summed E-state index contributed by atoms with van der Waals surface area (Å²) in [6.45, 7) is 0.305. The highest BCUT2D eigenvalue weighted by molar-refractivity contribution is 5.79. The maximum absolute atomic E-state index is 12.3. The van der Waals surface area contributed by atoms with Crippen LogP contribution in [-0.4, -0.2) is 41.1 Å². The Bertz CT molecular complexity index is 564. The van der Waals surface area contributed by atoms with E-state index in [9.17, 15) is 14.4 Å². The molecule has 0 radical (unpaired) electrons. The molecule has 5 rings (SSSR count). The number of nitrogens with one attached hydrogen (secondary N) is 3. The van der Waals surface area contributed by atoms with Crippen LogP contribution >= 0.6 is 0 Å². The molecule has 3 amide bonds. The summed E-state index contributed by atoms with van der Waals surface area (Å²) in [6.07, 6.45) is 8.58. The molecule has 0 aromatic rings. The summed E-state index contributed by atoms with van der Waals surface area (Å²) in [5, 5.41) is 17.7. The second-order valence-corrected chi connectivity index (χ2v) is 9.10. The average Bonchev–Trinajstić information content (AvgIpc) is 2.48. The fourth-order valence-electron chi connectivity index (χ4n) is 6.08. The number of rotatable bonds is 6. The molecule has 0 unspecified atom stereocenters. The van der Waals surface area contributed by atoms with Gasteiger partial charge in [-0.2, -0.15) is 0 Å². The van der Waals surface area contributed by atoms with Gasteiger partial charge in [-0.05, 0) is 69.1 Å².